The van der Waals surface area contributed by atoms with Crippen molar-refractivity contribution in [2.75, 3.05) is 0 Å². The second-order valence-electron chi connectivity index (χ2n) is 7.17. The lowest BCUT2D eigenvalue weighted by Crippen LogP contribution is -2.22. The van der Waals surface area contributed by atoms with Gasteiger partial charge in [0, 0.05) is 29.3 Å². The maximum atomic E-state index is 12.6. The van der Waals surface area contributed by atoms with Gasteiger partial charge < -0.3 is 14.1 Å². The van der Waals surface area contributed by atoms with Crippen LogP contribution in [0.5, 0.6) is 0 Å². The summed E-state index contributed by atoms with van der Waals surface area (Å²) in [5, 5.41) is 8.47. The smallest absolute Gasteiger partial charge is 0.254 e. The summed E-state index contributed by atoms with van der Waals surface area (Å²) in [4.78, 5) is 21.5. The largest absolute Gasteiger partial charge is 0.346 e. The Morgan fingerprint density at radius 3 is 2.94 bits per heavy atom. The van der Waals surface area contributed by atoms with E-state index in [1.807, 2.05) is 46.3 Å². The molecule has 0 atom stereocenters. The first-order valence-corrected chi connectivity index (χ1v) is 10.3. The first-order valence-electron chi connectivity index (χ1n) is 9.53. The molecule has 5 aromatic heterocycles. The summed E-state index contributed by atoms with van der Waals surface area (Å²) in [7, 11) is 0. The van der Waals surface area contributed by atoms with Gasteiger partial charge in [0.25, 0.3) is 5.91 Å². The first-order chi connectivity index (χ1) is 15.0. The highest BCUT2D eigenvalue weighted by atomic mass is 35.5. The molecule has 0 aliphatic carbocycles. The normalized spacial score (nSPS) is 11.5. The van der Waals surface area contributed by atoms with Crippen molar-refractivity contribution in [2.24, 2.45) is 0 Å². The number of aryl methyl sites for hydroxylation is 1. The van der Waals surface area contributed by atoms with Crippen LogP contribution in [-0.2, 0) is 13.1 Å². The van der Waals surface area contributed by atoms with E-state index in [9.17, 15) is 4.79 Å². The van der Waals surface area contributed by atoms with E-state index in [0.29, 0.717) is 22.2 Å². The molecule has 0 radical (unpaired) electrons. The number of hydrogen-bond donors (Lipinski definition) is 1. The Hall–Kier alpha value is -3.36. The Labute approximate surface area is 187 Å². The minimum Gasteiger partial charge on any atom is -0.346 e. The fourth-order valence-corrected chi connectivity index (χ4v) is 3.76. The SMILES string of the molecule is Cc1c(Cl)ccc2nc(Cn3cc(C(=O)NCc4ncn5ccc(Cl)cc45)cn3)cn12. The lowest BCUT2D eigenvalue weighted by Gasteiger charge is -2.02. The summed E-state index contributed by atoms with van der Waals surface area (Å²) in [5.41, 5.74) is 4.61. The summed E-state index contributed by atoms with van der Waals surface area (Å²) in [6.07, 6.45) is 8.67. The number of halogens is 2. The van der Waals surface area contributed by atoms with Crippen LogP contribution in [0.3, 0.4) is 0 Å². The second-order valence-corrected chi connectivity index (χ2v) is 8.01. The summed E-state index contributed by atoms with van der Waals surface area (Å²) in [5.74, 6) is -0.230. The Bertz CT molecular complexity index is 1430. The van der Waals surface area contributed by atoms with E-state index in [2.05, 4.69) is 20.4 Å². The molecule has 10 heteroatoms. The third-order valence-electron chi connectivity index (χ3n) is 5.09. The molecule has 8 nitrogen and oxygen atoms in total. The predicted molar refractivity (Wildman–Crippen MR) is 118 cm³/mol. The molecule has 5 rings (SSSR count). The van der Waals surface area contributed by atoms with Gasteiger partial charge >= 0.3 is 0 Å². The van der Waals surface area contributed by atoms with Crippen LogP contribution in [-0.4, -0.2) is 34.5 Å². The zero-order chi connectivity index (χ0) is 21.5. The predicted octanol–water partition coefficient (Wildman–Crippen LogP) is 3.77. The number of nitrogens with one attached hydrogen (secondary N) is 1. The maximum Gasteiger partial charge on any atom is 0.254 e. The molecule has 0 aliphatic rings. The summed E-state index contributed by atoms with van der Waals surface area (Å²) in [6, 6.07) is 7.30. The molecule has 31 heavy (non-hydrogen) atoms. The van der Waals surface area contributed by atoms with Crippen molar-refractivity contribution >= 4 is 40.3 Å². The van der Waals surface area contributed by atoms with Crippen molar-refractivity contribution < 1.29 is 4.79 Å². The molecule has 1 N–H and O–H groups in total. The molecular formula is C21H17Cl2N7O. The lowest BCUT2D eigenvalue weighted by atomic mass is 10.3. The molecule has 156 valence electrons. The van der Waals surface area contributed by atoms with Gasteiger partial charge in [0.2, 0.25) is 0 Å². The molecule has 0 aliphatic heterocycles. The summed E-state index contributed by atoms with van der Waals surface area (Å²) < 4.78 is 5.48. The zero-order valence-corrected chi connectivity index (χ0v) is 18.0. The van der Waals surface area contributed by atoms with E-state index in [1.165, 1.54) is 6.20 Å². The van der Waals surface area contributed by atoms with Gasteiger partial charge in [0.1, 0.15) is 5.65 Å². The standard InChI is InChI=1S/C21H17Cl2N7O/c1-13-17(23)2-3-20-27-16(11-30(13)20)10-29-9-14(7-26-29)21(31)24-8-18-19-6-15(22)4-5-28(19)12-25-18/h2-7,9,11-12H,8,10H2,1H3,(H,24,31). The Kier molecular flexibility index (Phi) is 4.88. The van der Waals surface area contributed by atoms with E-state index in [-0.39, 0.29) is 12.5 Å². The number of pyridine rings is 2. The quantitative estimate of drug-likeness (QED) is 0.439. The van der Waals surface area contributed by atoms with E-state index in [0.717, 1.165) is 28.2 Å². The minimum atomic E-state index is -0.230. The van der Waals surface area contributed by atoms with Crippen LogP contribution in [0.2, 0.25) is 10.0 Å². The fraction of sp³-hybridized carbons (Fsp3) is 0.143. The average Bonchev–Trinajstić information content (AvgIpc) is 3.48. The highest BCUT2D eigenvalue weighted by Gasteiger charge is 2.12. The number of carbonyl (C=O) groups is 1. The van der Waals surface area contributed by atoms with Crippen LogP contribution in [0, 0.1) is 6.92 Å². The van der Waals surface area contributed by atoms with Gasteiger partial charge in [-0.1, -0.05) is 23.2 Å². The molecule has 0 fully saturated rings. The Morgan fingerprint density at radius 1 is 1.19 bits per heavy atom. The van der Waals surface area contributed by atoms with Crippen molar-refractivity contribution in [3.8, 4) is 0 Å². The molecule has 0 saturated carbocycles. The number of hydrogen-bond acceptors (Lipinski definition) is 4. The second kappa shape index (κ2) is 7.72. The average molecular weight is 454 g/mol. The molecule has 0 aromatic carbocycles. The van der Waals surface area contributed by atoms with Crippen molar-refractivity contribution in [1.82, 2.24) is 33.9 Å². The molecule has 0 spiro atoms. The van der Waals surface area contributed by atoms with Crippen LogP contribution < -0.4 is 5.32 Å². The summed E-state index contributed by atoms with van der Waals surface area (Å²) >= 11 is 12.2. The van der Waals surface area contributed by atoms with Crippen LogP contribution in [0.1, 0.15) is 27.4 Å². The van der Waals surface area contributed by atoms with E-state index < -0.39 is 0 Å². The molecule has 5 aromatic rings. The third kappa shape index (κ3) is 3.75. The number of aromatic nitrogens is 6. The van der Waals surface area contributed by atoms with Gasteiger partial charge in [-0.05, 0) is 31.2 Å². The van der Waals surface area contributed by atoms with Crippen LogP contribution in [0.25, 0.3) is 11.2 Å². The summed E-state index contributed by atoms with van der Waals surface area (Å²) in [6.45, 7) is 2.66. The molecule has 5 heterocycles. The van der Waals surface area contributed by atoms with Gasteiger partial charge in [-0.2, -0.15) is 5.10 Å². The molecular weight excluding hydrogens is 437 g/mol. The van der Waals surface area contributed by atoms with E-state index in [1.54, 1.807) is 23.3 Å². The van der Waals surface area contributed by atoms with Gasteiger partial charge in [-0.15, -0.1) is 0 Å². The highest BCUT2D eigenvalue weighted by Crippen LogP contribution is 2.18. The minimum absolute atomic E-state index is 0.230. The number of nitrogens with zero attached hydrogens (tertiary/aromatic N) is 6. The van der Waals surface area contributed by atoms with Crippen molar-refractivity contribution in [1.29, 1.82) is 0 Å². The van der Waals surface area contributed by atoms with Crippen LogP contribution in [0.4, 0.5) is 0 Å². The number of amides is 1. The van der Waals surface area contributed by atoms with Gasteiger partial charge in [0.15, 0.2) is 0 Å². The fourth-order valence-electron chi connectivity index (χ4n) is 3.44. The highest BCUT2D eigenvalue weighted by molar-refractivity contribution is 6.31. The van der Waals surface area contributed by atoms with Crippen molar-refractivity contribution in [2.45, 2.75) is 20.0 Å². The Morgan fingerprint density at radius 2 is 2.06 bits per heavy atom. The van der Waals surface area contributed by atoms with Gasteiger partial charge in [-0.3, -0.25) is 9.48 Å². The van der Waals surface area contributed by atoms with Gasteiger partial charge in [0.05, 0.1) is 53.1 Å². The number of imidazole rings is 2. The molecule has 0 saturated heterocycles. The number of carbonyl (C=O) groups excluding carboxylic acids is 1. The monoisotopic (exact) mass is 453 g/mol. The third-order valence-corrected chi connectivity index (χ3v) is 5.72. The lowest BCUT2D eigenvalue weighted by molar-refractivity contribution is 0.0950. The molecule has 0 bridgehead atoms. The van der Waals surface area contributed by atoms with Gasteiger partial charge in [-0.25, -0.2) is 9.97 Å². The zero-order valence-electron chi connectivity index (χ0n) is 16.5. The number of fused-ring (bicyclic) bond motifs is 2. The molecule has 1 amide bonds. The Balaban J connectivity index is 1.28. The first kappa shape index (κ1) is 19.6. The maximum absolute atomic E-state index is 12.6. The molecule has 0 unspecified atom stereocenters. The van der Waals surface area contributed by atoms with Crippen molar-refractivity contribution in [3.05, 3.63) is 88.1 Å². The van der Waals surface area contributed by atoms with E-state index in [4.69, 9.17) is 23.2 Å². The van der Waals surface area contributed by atoms with Crippen LogP contribution in [0.15, 0.2) is 55.4 Å². The topological polar surface area (TPSA) is 81.5 Å². The van der Waals surface area contributed by atoms with Crippen molar-refractivity contribution in [3.63, 3.8) is 0 Å². The van der Waals surface area contributed by atoms with Crippen LogP contribution >= 0.6 is 23.2 Å². The number of rotatable bonds is 5. The van der Waals surface area contributed by atoms with E-state index >= 15 is 0 Å².